The van der Waals surface area contributed by atoms with E-state index < -0.39 is 48.5 Å². The first-order chi connectivity index (χ1) is 17.7. The maximum absolute atomic E-state index is 13.1. The number of ether oxygens (including phenoxy) is 5. The molecule has 1 aliphatic rings. The van der Waals surface area contributed by atoms with E-state index in [1.54, 1.807) is 0 Å². The monoisotopic (exact) mass is 522 g/mol. The molecular weight excluding hydrogens is 496 g/mol. The van der Waals surface area contributed by atoms with Crippen LogP contribution in [-0.4, -0.2) is 89.3 Å². The van der Waals surface area contributed by atoms with Gasteiger partial charge in [0.15, 0.2) is 28.3 Å². The van der Waals surface area contributed by atoms with Crippen LogP contribution in [-0.2, 0) is 4.74 Å². The van der Waals surface area contributed by atoms with Crippen molar-refractivity contribution in [3.8, 4) is 45.8 Å². The number of hydrogen-bond donors (Lipinski definition) is 6. The van der Waals surface area contributed by atoms with Crippen LogP contribution in [0.15, 0.2) is 33.5 Å². The molecule has 1 fully saturated rings. The number of aliphatic hydroxyl groups excluding tert-OH is 4. The van der Waals surface area contributed by atoms with Crippen LogP contribution in [0, 0.1) is 0 Å². The number of aliphatic hydroxyl groups is 4. The lowest BCUT2D eigenvalue weighted by Crippen LogP contribution is -2.60. The molecule has 1 aliphatic heterocycles. The van der Waals surface area contributed by atoms with Gasteiger partial charge in [0.25, 0.3) is 0 Å². The van der Waals surface area contributed by atoms with Crippen LogP contribution in [0.5, 0.6) is 34.5 Å². The molecule has 0 aliphatic carbocycles. The SMILES string of the molecule is COc1cc(-c2cc(=O)c3c(O)c(OC)c(OC4O[C@H](CO)[C@@H](O)[C@H](O)[C@H]4O)c(OC)c3o2)ccc1O. The van der Waals surface area contributed by atoms with Gasteiger partial charge in [0.2, 0.25) is 23.5 Å². The van der Waals surface area contributed by atoms with Crippen molar-refractivity contribution in [1.29, 1.82) is 0 Å². The molecule has 0 radical (unpaired) electrons. The van der Waals surface area contributed by atoms with Crippen LogP contribution < -0.4 is 24.4 Å². The van der Waals surface area contributed by atoms with Gasteiger partial charge >= 0.3 is 0 Å². The van der Waals surface area contributed by atoms with Crippen molar-refractivity contribution < 1.29 is 58.7 Å². The Morgan fingerprint density at radius 3 is 2.22 bits per heavy atom. The van der Waals surface area contributed by atoms with Gasteiger partial charge in [0, 0.05) is 11.6 Å². The highest BCUT2D eigenvalue weighted by molar-refractivity contribution is 5.95. The third kappa shape index (κ3) is 4.47. The number of aromatic hydroxyl groups is 2. The number of phenolic OH excluding ortho intramolecular Hbond substituents is 2. The first-order valence-electron chi connectivity index (χ1n) is 11.0. The average Bonchev–Trinajstić information content (AvgIpc) is 2.89. The number of fused-ring (bicyclic) bond motifs is 1. The Bertz CT molecular complexity index is 1350. The lowest BCUT2D eigenvalue weighted by atomic mass is 9.99. The average molecular weight is 522 g/mol. The van der Waals surface area contributed by atoms with Crippen molar-refractivity contribution in [2.75, 3.05) is 27.9 Å². The predicted molar refractivity (Wildman–Crippen MR) is 125 cm³/mol. The second kappa shape index (κ2) is 10.3. The summed E-state index contributed by atoms with van der Waals surface area (Å²) in [5.74, 6) is -1.61. The third-order valence-electron chi connectivity index (χ3n) is 5.97. The molecule has 1 unspecified atom stereocenters. The second-order valence-electron chi connectivity index (χ2n) is 8.13. The molecule has 4 rings (SSSR count). The zero-order valence-corrected chi connectivity index (χ0v) is 19.9. The summed E-state index contributed by atoms with van der Waals surface area (Å²) in [7, 11) is 3.76. The summed E-state index contributed by atoms with van der Waals surface area (Å²) in [6.07, 6.45) is -8.09. The van der Waals surface area contributed by atoms with Crippen molar-refractivity contribution >= 4 is 11.0 Å². The summed E-state index contributed by atoms with van der Waals surface area (Å²) in [6, 6.07) is 5.36. The molecule has 2 aromatic carbocycles. The minimum atomic E-state index is -1.78. The number of hydrogen-bond acceptors (Lipinski definition) is 13. The molecule has 37 heavy (non-hydrogen) atoms. The van der Waals surface area contributed by atoms with E-state index in [0.717, 1.165) is 6.07 Å². The van der Waals surface area contributed by atoms with Gasteiger partial charge in [0.05, 0.1) is 27.9 Å². The van der Waals surface area contributed by atoms with Gasteiger partial charge in [-0.1, -0.05) is 0 Å². The van der Waals surface area contributed by atoms with E-state index in [1.165, 1.54) is 39.5 Å². The summed E-state index contributed by atoms with van der Waals surface area (Å²) >= 11 is 0. The van der Waals surface area contributed by atoms with Gasteiger partial charge in [-0.3, -0.25) is 4.79 Å². The van der Waals surface area contributed by atoms with Crippen LogP contribution in [0.1, 0.15) is 0 Å². The quantitative estimate of drug-likeness (QED) is 0.244. The molecule has 0 spiro atoms. The third-order valence-corrected chi connectivity index (χ3v) is 5.97. The molecule has 0 amide bonds. The molecule has 13 heteroatoms. The fourth-order valence-electron chi connectivity index (χ4n) is 4.04. The van der Waals surface area contributed by atoms with Crippen LogP contribution in [0.25, 0.3) is 22.3 Å². The van der Waals surface area contributed by atoms with E-state index in [2.05, 4.69) is 0 Å². The van der Waals surface area contributed by atoms with E-state index >= 15 is 0 Å². The van der Waals surface area contributed by atoms with Gasteiger partial charge in [0.1, 0.15) is 35.6 Å². The molecule has 5 atom stereocenters. The molecule has 13 nitrogen and oxygen atoms in total. The smallest absolute Gasteiger partial charge is 0.229 e. The molecule has 3 aromatic rings. The van der Waals surface area contributed by atoms with Gasteiger partial charge in [-0.05, 0) is 18.2 Å². The lowest BCUT2D eigenvalue weighted by Gasteiger charge is -2.39. The minimum Gasteiger partial charge on any atom is -0.504 e. The van der Waals surface area contributed by atoms with Crippen LogP contribution >= 0.6 is 0 Å². The predicted octanol–water partition coefficient (Wildman–Crippen LogP) is 0.0757. The van der Waals surface area contributed by atoms with E-state index in [0.29, 0.717) is 5.56 Å². The fourth-order valence-corrected chi connectivity index (χ4v) is 4.04. The summed E-state index contributed by atoms with van der Waals surface area (Å²) in [5, 5.41) is 60.5. The zero-order valence-electron chi connectivity index (χ0n) is 19.9. The molecule has 2 heterocycles. The normalized spacial score (nSPS) is 23.6. The van der Waals surface area contributed by atoms with Crippen molar-refractivity contribution in [3.63, 3.8) is 0 Å². The van der Waals surface area contributed by atoms with Crippen molar-refractivity contribution in [1.82, 2.24) is 0 Å². The minimum absolute atomic E-state index is 0.0254. The molecular formula is C24H26O13. The molecule has 1 aromatic heterocycles. The maximum Gasteiger partial charge on any atom is 0.229 e. The highest BCUT2D eigenvalue weighted by atomic mass is 16.7. The summed E-state index contributed by atoms with van der Waals surface area (Å²) < 4.78 is 32.8. The molecule has 200 valence electrons. The first kappa shape index (κ1) is 26.3. The standard InChI is InChI=1S/C24H26O13/c1-32-13-6-9(4-5-10(13)26)12-7-11(27)15-17(29)21(33-2)23(22(34-3)20(15)35-12)37-24-19(31)18(30)16(28)14(8-25)36-24/h4-7,14,16,18-19,24-26,28-31H,8H2,1-3H3/t14-,16-,18+,19-,24?/m1/s1. The van der Waals surface area contributed by atoms with Gasteiger partial charge in [-0.15, -0.1) is 0 Å². The summed E-state index contributed by atoms with van der Waals surface area (Å²) in [4.78, 5) is 13.1. The number of phenols is 2. The Balaban J connectivity index is 1.91. The van der Waals surface area contributed by atoms with Gasteiger partial charge < -0.3 is 58.7 Å². The lowest BCUT2D eigenvalue weighted by molar-refractivity contribution is -0.277. The number of benzene rings is 2. The van der Waals surface area contributed by atoms with Crippen LogP contribution in [0.3, 0.4) is 0 Å². The Hall–Kier alpha value is -3.75. The molecule has 1 saturated heterocycles. The molecule has 0 saturated carbocycles. The topological polar surface area (TPSA) is 198 Å². The van der Waals surface area contributed by atoms with Crippen LogP contribution in [0.4, 0.5) is 0 Å². The largest absolute Gasteiger partial charge is 0.504 e. The van der Waals surface area contributed by atoms with Gasteiger partial charge in [-0.25, -0.2) is 0 Å². The highest BCUT2D eigenvalue weighted by Crippen LogP contribution is 2.51. The Morgan fingerprint density at radius 1 is 0.892 bits per heavy atom. The zero-order chi connectivity index (χ0) is 27.0. The van der Waals surface area contributed by atoms with E-state index in [9.17, 15) is 35.4 Å². The summed E-state index contributed by atoms with van der Waals surface area (Å²) in [5.41, 5.74) is -0.575. The number of rotatable bonds is 7. The van der Waals surface area contributed by atoms with Crippen molar-refractivity contribution in [2.24, 2.45) is 0 Å². The Labute approximate surface area is 209 Å². The number of methoxy groups -OCH3 is 3. The Morgan fingerprint density at radius 2 is 1.59 bits per heavy atom. The highest BCUT2D eigenvalue weighted by Gasteiger charge is 2.45. The second-order valence-corrected chi connectivity index (χ2v) is 8.13. The van der Waals surface area contributed by atoms with Crippen LogP contribution in [0.2, 0.25) is 0 Å². The van der Waals surface area contributed by atoms with E-state index in [1.807, 2.05) is 0 Å². The molecule has 6 N–H and O–H groups in total. The molecule has 0 bridgehead atoms. The van der Waals surface area contributed by atoms with Crippen molar-refractivity contribution in [3.05, 3.63) is 34.5 Å². The van der Waals surface area contributed by atoms with E-state index in [4.69, 9.17) is 28.1 Å². The van der Waals surface area contributed by atoms with E-state index in [-0.39, 0.29) is 45.5 Å². The maximum atomic E-state index is 13.1. The first-order valence-corrected chi connectivity index (χ1v) is 11.0. The van der Waals surface area contributed by atoms with Gasteiger partial charge in [-0.2, -0.15) is 0 Å². The Kier molecular flexibility index (Phi) is 7.34. The fraction of sp³-hybridized carbons (Fsp3) is 0.375. The summed E-state index contributed by atoms with van der Waals surface area (Å²) in [6.45, 7) is -0.698. The van der Waals surface area contributed by atoms with Crippen molar-refractivity contribution in [2.45, 2.75) is 30.7 Å².